The Hall–Kier alpha value is -2.26. The molecule has 0 bridgehead atoms. The largest absolute Gasteiger partial charge is 0.494 e. The van der Waals surface area contributed by atoms with Crippen LogP contribution in [0, 0.1) is 0 Å². The average Bonchev–Trinajstić information content (AvgIpc) is 3.06. The van der Waals surface area contributed by atoms with Gasteiger partial charge in [-0.3, -0.25) is 4.79 Å². The standard InChI is InChI=1S/C22H23ClF3NO4S/c1-2-8-27-21(22(24,25)26)16-6-5-15(13-18(16)31-27)30-9-3-10-32-19-7-4-14(11-17(19)23)12-20(28)29/h4-5,7,11,13H,2-3,6,8-10,12H2,1H3,(H,28,29). The van der Waals surface area contributed by atoms with Gasteiger partial charge in [0.15, 0.2) is 11.5 Å². The molecule has 0 fully saturated rings. The van der Waals surface area contributed by atoms with Gasteiger partial charge in [-0.25, -0.2) is 5.06 Å². The molecule has 2 aliphatic rings. The molecule has 0 saturated carbocycles. The van der Waals surface area contributed by atoms with Crippen molar-refractivity contribution in [2.24, 2.45) is 0 Å². The molecule has 0 amide bonds. The van der Waals surface area contributed by atoms with Crippen LogP contribution in [-0.4, -0.2) is 41.2 Å². The first-order valence-electron chi connectivity index (χ1n) is 10.1. The summed E-state index contributed by atoms with van der Waals surface area (Å²) in [5.41, 5.74) is 0.0413. The number of nitrogens with zero attached hydrogens (tertiary/aromatic N) is 1. The highest BCUT2D eigenvalue weighted by molar-refractivity contribution is 7.99. The molecule has 1 aliphatic heterocycles. The quantitative estimate of drug-likeness (QED) is 0.316. The molecular weight excluding hydrogens is 467 g/mol. The maximum atomic E-state index is 13.4. The van der Waals surface area contributed by atoms with Crippen LogP contribution in [0.3, 0.4) is 0 Å². The van der Waals surface area contributed by atoms with Gasteiger partial charge in [-0.2, -0.15) is 13.2 Å². The summed E-state index contributed by atoms with van der Waals surface area (Å²) in [5, 5.41) is 10.3. The predicted octanol–water partition coefficient (Wildman–Crippen LogP) is 6.11. The minimum Gasteiger partial charge on any atom is -0.494 e. The number of alkyl halides is 3. The van der Waals surface area contributed by atoms with Gasteiger partial charge in [0, 0.05) is 28.7 Å². The molecular formula is C22H23ClF3NO4S. The molecule has 0 atom stereocenters. The van der Waals surface area contributed by atoms with Crippen LogP contribution >= 0.6 is 23.4 Å². The molecule has 1 aliphatic carbocycles. The van der Waals surface area contributed by atoms with Crippen LogP contribution in [0.4, 0.5) is 13.2 Å². The molecule has 1 aromatic carbocycles. The number of benzene rings is 1. The Morgan fingerprint density at radius 3 is 2.81 bits per heavy atom. The van der Waals surface area contributed by atoms with Gasteiger partial charge in [-0.15, -0.1) is 11.8 Å². The fraction of sp³-hybridized carbons (Fsp3) is 0.409. The van der Waals surface area contributed by atoms with E-state index in [0.717, 1.165) is 9.96 Å². The number of hydrogen-bond acceptors (Lipinski definition) is 5. The van der Waals surface area contributed by atoms with Gasteiger partial charge < -0.3 is 14.7 Å². The maximum absolute atomic E-state index is 13.4. The third kappa shape index (κ3) is 6.16. The Bertz CT molecular complexity index is 959. The molecule has 3 rings (SSSR count). The Labute approximate surface area is 193 Å². The first-order chi connectivity index (χ1) is 15.2. The van der Waals surface area contributed by atoms with Crippen molar-refractivity contribution in [3.8, 4) is 0 Å². The van der Waals surface area contributed by atoms with Gasteiger partial charge in [-0.05, 0) is 36.6 Å². The SMILES string of the molecule is CCCN1OC2=CC(OCCCSc3ccc(CC(=O)O)cc3Cl)=CCC2=C1C(F)(F)F. The van der Waals surface area contributed by atoms with E-state index < -0.39 is 17.8 Å². The smallest absolute Gasteiger partial charge is 0.434 e. The van der Waals surface area contributed by atoms with E-state index in [1.165, 1.54) is 17.8 Å². The third-order valence-electron chi connectivity index (χ3n) is 4.68. The number of aliphatic carboxylic acids is 1. The number of halogens is 4. The van der Waals surface area contributed by atoms with Crippen molar-refractivity contribution in [2.45, 2.75) is 43.7 Å². The monoisotopic (exact) mass is 489 g/mol. The molecule has 1 heterocycles. The number of carboxylic acid groups (broad SMARTS) is 1. The van der Waals surface area contributed by atoms with E-state index in [-0.39, 0.29) is 30.7 Å². The van der Waals surface area contributed by atoms with Gasteiger partial charge in [0.1, 0.15) is 5.76 Å². The zero-order valence-electron chi connectivity index (χ0n) is 17.4. The van der Waals surface area contributed by atoms with Crippen LogP contribution < -0.4 is 0 Å². The highest BCUT2D eigenvalue weighted by Gasteiger charge is 2.46. The fourth-order valence-corrected chi connectivity index (χ4v) is 4.55. The number of hydrogen-bond donors (Lipinski definition) is 1. The lowest BCUT2D eigenvalue weighted by Crippen LogP contribution is -2.28. The fourth-order valence-electron chi connectivity index (χ4n) is 3.34. The number of hydroxylamine groups is 2. The number of carbonyl (C=O) groups is 1. The molecule has 5 nitrogen and oxygen atoms in total. The van der Waals surface area contributed by atoms with Gasteiger partial charge in [0.05, 0.1) is 24.6 Å². The highest BCUT2D eigenvalue weighted by atomic mass is 35.5. The van der Waals surface area contributed by atoms with Crippen molar-refractivity contribution in [1.82, 2.24) is 5.06 Å². The second-order valence-electron chi connectivity index (χ2n) is 7.22. The predicted molar refractivity (Wildman–Crippen MR) is 116 cm³/mol. The van der Waals surface area contributed by atoms with Gasteiger partial charge in [0.25, 0.3) is 0 Å². The molecule has 0 spiro atoms. The summed E-state index contributed by atoms with van der Waals surface area (Å²) in [6.07, 6.45) is -0.0944. The van der Waals surface area contributed by atoms with E-state index in [1.807, 2.05) is 0 Å². The summed E-state index contributed by atoms with van der Waals surface area (Å²) in [6, 6.07) is 5.19. The number of ether oxygens (including phenoxy) is 1. The minimum absolute atomic E-state index is 0.0790. The number of thioether (sulfide) groups is 1. The summed E-state index contributed by atoms with van der Waals surface area (Å²) in [5.74, 6) is 0.478. The summed E-state index contributed by atoms with van der Waals surface area (Å²) < 4.78 is 46.0. The number of rotatable bonds is 10. The molecule has 32 heavy (non-hydrogen) atoms. The molecule has 1 aromatic rings. The lowest BCUT2D eigenvalue weighted by atomic mass is 10.0. The Morgan fingerprint density at radius 2 is 2.16 bits per heavy atom. The van der Waals surface area contributed by atoms with Crippen molar-refractivity contribution >= 4 is 29.3 Å². The zero-order chi connectivity index (χ0) is 23.3. The number of fused-ring (bicyclic) bond motifs is 1. The molecule has 10 heteroatoms. The van der Waals surface area contributed by atoms with Crippen LogP contribution in [0.15, 0.2) is 58.0 Å². The summed E-state index contributed by atoms with van der Waals surface area (Å²) in [4.78, 5) is 17.1. The Balaban J connectivity index is 1.49. The summed E-state index contributed by atoms with van der Waals surface area (Å²) >= 11 is 7.74. The number of allylic oxidation sites excluding steroid dienone is 4. The van der Waals surface area contributed by atoms with E-state index in [9.17, 15) is 18.0 Å². The Morgan fingerprint density at radius 1 is 1.38 bits per heavy atom. The molecule has 0 unspecified atom stereocenters. The molecule has 0 saturated heterocycles. The van der Waals surface area contributed by atoms with E-state index in [1.54, 1.807) is 31.2 Å². The normalized spacial score (nSPS) is 15.8. The van der Waals surface area contributed by atoms with Crippen molar-refractivity contribution < 1.29 is 32.6 Å². The van der Waals surface area contributed by atoms with Crippen LogP contribution in [0.2, 0.25) is 5.02 Å². The zero-order valence-corrected chi connectivity index (χ0v) is 18.9. The third-order valence-corrected chi connectivity index (χ3v) is 6.27. The van der Waals surface area contributed by atoms with E-state index in [2.05, 4.69) is 0 Å². The first kappa shape index (κ1) is 24.4. The molecule has 0 aromatic heterocycles. The van der Waals surface area contributed by atoms with E-state index in [0.29, 0.717) is 41.5 Å². The van der Waals surface area contributed by atoms with Gasteiger partial charge in [0.2, 0.25) is 0 Å². The molecule has 0 radical (unpaired) electrons. The van der Waals surface area contributed by atoms with Gasteiger partial charge >= 0.3 is 12.1 Å². The first-order valence-corrected chi connectivity index (χ1v) is 11.5. The van der Waals surface area contributed by atoms with Crippen molar-refractivity contribution in [3.05, 3.63) is 63.7 Å². The molecule has 1 N–H and O–H groups in total. The van der Waals surface area contributed by atoms with Crippen molar-refractivity contribution in [3.63, 3.8) is 0 Å². The average molecular weight is 490 g/mol. The summed E-state index contributed by atoms with van der Waals surface area (Å²) in [6.45, 7) is 2.34. The van der Waals surface area contributed by atoms with Crippen molar-refractivity contribution in [1.29, 1.82) is 0 Å². The lowest BCUT2D eigenvalue weighted by molar-refractivity contribution is -0.161. The van der Waals surface area contributed by atoms with Crippen LogP contribution in [-0.2, 0) is 20.8 Å². The maximum Gasteiger partial charge on any atom is 0.434 e. The highest BCUT2D eigenvalue weighted by Crippen LogP contribution is 2.43. The van der Waals surface area contributed by atoms with E-state index >= 15 is 0 Å². The van der Waals surface area contributed by atoms with Crippen LogP contribution in [0.25, 0.3) is 0 Å². The summed E-state index contributed by atoms with van der Waals surface area (Å²) in [7, 11) is 0. The second kappa shape index (κ2) is 10.6. The van der Waals surface area contributed by atoms with E-state index in [4.69, 9.17) is 26.3 Å². The Kier molecular flexibility index (Phi) is 8.05. The van der Waals surface area contributed by atoms with Crippen molar-refractivity contribution in [2.75, 3.05) is 18.9 Å². The number of carboxylic acids is 1. The topological polar surface area (TPSA) is 59.0 Å². The molecule has 174 valence electrons. The van der Waals surface area contributed by atoms with Crippen LogP contribution in [0.5, 0.6) is 0 Å². The second-order valence-corrected chi connectivity index (χ2v) is 8.77. The lowest BCUT2D eigenvalue weighted by Gasteiger charge is -2.21. The minimum atomic E-state index is -4.48. The van der Waals surface area contributed by atoms with Gasteiger partial charge in [-0.1, -0.05) is 24.6 Å². The van der Waals surface area contributed by atoms with Crippen LogP contribution in [0.1, 0.15) is 31.7 Å².